The second-order valence-corrected chi connectivity index (χ2v) is 6.18. The topological polar surface area (TPSA) is 73.6 Å². The zero-order valence-corrected chi connectivity index (χ0v) is 14.5. The Hall–Kier alpha value is -3.28. The van der Waals surface area contributed by atoms with Gasteiger partial charge >= 0.3 is 0 Å². The summed E-state index contributed by atoms with van der Waals surface area (Å²) >= 11 is 0. The molecule has 1 aromatic heterocycles. The SMILES string of the molecule is Cc1ccc(-c2nc(CC(=O)Nc3ccc4c(c3)OCO4)c(C)o2)cc1. The van der Waals surface area contributed by atoms with Crippen LogP contribution in [0.25, 0.3) is 11.5 Å². The fourth-order valence-electron chi connectivity index (χ4n) is 2.74. The molecule has 0 saturated heterocycles. The largest absolute Gasteiger partial charge is 0.454 e. The molecule has 26 heavy (non-hydrogen) atoms. The Bertz CT molecular complexity index is 960. The Morgan fingerprint density at radius 2 is 1.85 bits per heavy atom. The number of carbonyl (C=O) groups is 1. The second-order valence-electron chi connectivity index (χ2n) is 6.18. The van der Waals surface area contributed by atoms with Crippen molar-refractivity contribution in [2.24, 2.45) is 0 Å². The van der Waals surface area contributed by atoms with E-state index in [-0.39, 0.29) is 19.1 Å². The van der Waals surface area contributed by atoms with Crippen LogP contribution in [0.4, 0.5) is 5.69 Å². The maximum atomic E-state index is 12.4. The zero-order valence-electron chi connectivity index (χ0n) is 14.5. The van der Waals surface area contributed by atoms with E-state index in [9.17, 15) is 4.79 Å². The number of oxazole rings is 1. The molecule has 2 aromatic carbocycles. The summed E-state index contributed by atoms with van der Waals surface area (Å²) in [5, 5.41) is 2.85. The number of hydrogen-bond donors (Lipinski definition) is 1. The van der Waals surface area contributed by atoms with Crippen LogP contribution in [0.5, 0.6) is 11.5 Å². The van der Waals surface area contributed by atoms with Gasteiger partial charge in [-0.1, -0.05) is 17.7 Å². The predicted octanol–water partition coefficient (Wildman–Crippen LogP) is 3.87. The molecule has 3 aromatic rings. The molecule has 1 aliphatic rings. The Morgan fingerprint density at radius 3 is 2.65 bits per heavy atom. The summed E-state index contributed by atoms with van der Waals surface area (Å²) < 4.78 is 16.3. The van der Waals surface area contributed by atoms with Crippen molar-refractivity contribution in [3.8, 4) is 23.0 Å². The number of nitrogens with zero attached hydrogens (tertiary/aromatic N) is 1. The number of aromatic nitrogens is 1. The highest BCUT2D eigenvalue weighted by Gasteiger charge is 2.17. The van der Waals surface area contributed by atoms with Gasteiger partial charge in [0.15, 0.2) is 11.5 Å². The van der Waals surface area contributed by atoms with Crippen molar-refractivity contribution in [3.05, 3.63) is 59.5 Å². The van der Waals surface area contributed by atoms with Gasteiger partial charge in [0.1, 0.15) is 5.76 Å². The van der Waals surface area contributed by atoms with Crippen molar-refractivity contribution in [2.75, 3.05) is 12.1 Å². The molecule has 0 aliphatic carbocycles. The molecule has 132 valence electrons. The maximum Gasteiger partial charge on any atom is 0.231 e. The molecule has 0 atom stereocenters. The Labute approximate surface area is 150 Å². The van der Waals surface area contributed by atoms with Crippen molar-refractivity contribution < 1.29 is 18.7 Å². The smallest absolute Gasteiger partial charge is 0.231 e. The molecule has 0 unspecified atom stereocenters. The number of aryl methyl sites for hydroxylation is 2. The number of anilines is 1. The number of benzene rings is 2. The van der Waals surface area contributed by atoms with E-state index in [1.807, 2.05) is 38.1 Å². The first-order chi connectivity index (χ1) is 12.6. The molecule has 4 rings (SSSR count). The molecule has 1 aliphatic heterocycles. The highest BCUT2D eigenvalue weighted by molar-refractivity contribution is 5.92. The van der Waals surface area contributed by atoms with E-state index in [0.29, 0.717) is 34.5 Å². The zero-order chi connectivity index (χ0) is 18.1. The van der Waals surface area contributed by atoms with Crippen molar-refractivity contribution in [1.29, 1.82) is 0 Å². The monoisotopic (exact) mass is 350 g/mol. The van der Waals surface area contributed by atoms with Crippen LogP contribution in [-0.4, -0.2) is 17.7 Å². The normalized spacial score (nSPS) is 12.2. The van der Waals surface area contributed by atoms with Crippen LogP contribution in [0.3, 0.4) is 0 Å². The molecule has 2 heterocycles. The van der Waals surface area contributed by atoms with Crippen molar-refractivity contribution in [3.63, 3.8) is 0 Å². The first-order valence-electron chi connectivity index (χ1n) is 8.31. The molecular weight excluding hydrogens is 332 g/mol. The highest BCUT2D eigenvalue weighted by Crippen LogP contribution is 2.34. The summed E-state index contributed by atoms with van der Waals surface area (Å²) in [6.07, 6.45) is 0.135. The third-order valence-corrected chi connectivity index (χ3v) is 4.18. The number of fused-ring (bicyclic) bond motifs is 1. The summed E-state index contributed by atoms with van der Waals surface area (Å²) in [7, 11) is 0. The summed E-state index contributed by atoms with van der Waals surface area (Å²) in [6.45, 7) is 4.04. The van der Waals surface area contributed by atoms with E-state index >= 15 is 0 Å². The van der Waals surface area contributed by atoms with E-state index in [1.165, 1.54) is 5.56 Å². The van der Waals surface area contributed by atoms with E-state index < -0.39 is 0 Å². The minimum absolute atomic E-state index is 0.135. The number of hydrogen-bond acceptors (Lipinski definition) is 5. The van der Waals surface area contributed by atoms with E-state index in [4.69, 9.17) is 13.9 Å². The number of amides is 1. The van der Waals surface area contributed by atoms with Gasteiger partial charge in [-0.15, -0.1) is 0 Å². The fraction of sp³-hybridized carbons (Fsp3) is 0.200. The van der Waals surface area contributed by atoms with Crippen LogP contribution in [0.1, 0.15) is 17.0 Å². The quantitative estimate of drug-likeness (QED) is 0.773. The Balaban J connectivity index is 1.47. The van der Waals surface area contributed by atoms with Crippen molar-refractivity contribution >= 4 is 11.6 Å². The van der Waals surface area contributed by atoms with Gasteiger partial charge < -0.3 is 19.2 Å². The van der Waals surface area contributed by atoms with Gasteiger partial charge in [-0.05, 0) is 38.1 Å². The third kappa shape index (κ3) is 3.26. The number of rotatable bonds is 4. The minimum atomic E-state index is -0.171. The molecule has 1 amide bonds. The molecular formula is C20H18N2O4. The van der Waals surface area contributed by atoms with Crippen LogP contribution in [0.2, 0.25) is 0 Å². The molecule has 0 spiro atoms. The fourth-order valence-corrected chi connectivity index (χ4v) is 2.74. The predicted molar refractivity (Wildman–Crippen MR) is 96.3 cm³/mol. The van der Waals surface area contributed by atoms with E-state index in [2.05, 4.69) is 10.3 Å². The van der Waals surface area contributed by atoms with Crippen LogP contribution in [-0.2, 0) is 11.2 Å². The average Bonchev–Trinajstić information content (AvgIpc) is 3.22. The van der Waals surface area contributed by atoms with Crippen LogP contribution in [0.15, 0.2) is 46.9 Å². The first kappa shape index (κ1) is 16.2. The van der Waals surface area contributed by atoms with Gasteiger partial charge in [0.25, 0.3) is 0 Å². The van der Waals surface area contributed by atoms with Gasteiger partial charge in [0, 0.05) is 17.3 Å². The highest BCUT2D eigenvalue weighted by atomic mass is 16.7. The van der Waals surface area contributed by atoms with Crippen LogP contribution < -0.4 is 14.8 Å². The number of ether oxygens (including phenoxy) is 2. The van der Waals surface area contributed by atoms with Gasteiger partial charge in [0.05, 0.1) is 12.1 Å². The summed E-state index contributed by atoms with van der Waals surface area (Å²) in [4.78, 5) is 16.8. The number of carbonyl (C=O) groups excluding carboxylic acids is 1. The lowest BCUT2D eigenvalue weighted by molar-refractivity contribution is -0.115. The van der Waals surface area contributed by atoms with E-state index in [0.717, 1.165) is 5.56 Å². The summed E-state index contributed by atoms with van der Waals surface area (Å²) in [5.41, 5.74) is 3.33. The molecule has 0 bridgehead atoms. The Kier molecular flexibility index (Phi) is 4.08. The lowest BCUT2D eigenvalue weighted by atomic mass is 10.1. The van der Waals surface area contributed by atoms with Crippen LogP contribution >= 0.6 is 0 Å². The van der Waals surface area contributed by atoms with Gasteiger partial charge in [-0.2, -0.15) is 0 Å². The molecule has 1 N–H and O–H groups in total. The average molecular weight is 350 g/mol. The van der Waals surface area contributed by atoms with E-state index in [1.54, 1.807) is 18.2 Å². The third-order valence-electron chi connectivity index (χ3n) is 4.18. The molecule has 0 saturated carbocycles. The van der Waals surface area contributed by atoms with Crippen molar-refractivity contribution in [2.45, 2.75) is 20.3 Å². The molecule has 0 radical (unpaired) electrons. The number of nitrogens with one attached hydrogen (secondary N) is 1. The molecule has 6 nitrogen and oxygen atoms in total. The van der Waals surface area contributed by atoms with Crippen LogP contribution in [0, 0.1) is 13.8 Å². The lowest BCUT2D eigenvalue weighted by Crippen LogP contribution is -2.15. The molecule has 0 fully saturated rings. The standard InChI is InChI=1S/C20H18N2O4/c1-12-3-5-14(6-4-12)20-22-16(13(2)26-20)10-19(23)21-15-7-8-17-18(9-15)25-11-24-17/h3-9H,10-11H2,1-2H3,(H,21,23). The first-order valence-corrected chi connectivity index (χ1v) is 8.31. The van der Waals surface area contributed by atoms with Gasteiger partial charge in [0.2, 0.25) is 18.6 Å². The summed E-state index contributed by atoms with van der Waals surface area (Å²) in [5.74, 6) is 2.30. The lowest BCUT2D eigenvalue weighted by Gasteiger charge is -2.05. The van der Waals surface area contributed by atoms with Gasteiger partial charge in [-0.25, -0.2) is 4.98 Å². The maximum absolute atomic E-state index is 12.4. The second kappa shape index (κ2) is 6.55. The minimum Gasteiger partial charge on any atom is -0.454 e. The van der Waals surface area contributed by atoms with Crippen molar-refractivity contribution in [1.82, 2.24) is 4.98 Å². The summed E-state index contributed by atoms with van der Waals surface area (Å²) in [6, 6.07) is 13.2. The molecule has 6 heteroatoms. The van der Waals surface area contributed by atoms with Gasteiger partial charge in [-0.3, -0.25) is 4.79 Å². The Morgan fingerprint density at radius 1 is 1.08 bits per heavy atom.